The van der Waals surface area contributed by atoms with E-state index in [9.17, 15) is 0 Å². The average molecular weight is 491 g/mol. The fraction of sp³-hybridized carbons (Fsp3) is 0.714. The highest BCUT2D eigenvalue weighted by Gasteiger charge is 2.33. The van der Waals surface area contributed by atoms with E-state index in [1.165, 1.54) is 5.56 Å². The summed E-state index contributed by atoms with van der Waals surface area (Å²) in [6, 6.07) is 5.98. The molecule has 0 saturated heterocycles. The zero-order valence-electron chi connectivity index (χ0n) is 23.0. The maximum Gasteiger partial charge on any atom is 0.210 e. The van der Waals surface area contributed by atoms with Crippen LogP contribution in [0.4, 0.5) is 0 Å². The van der Waals surface area contributed by atoms with Crippen molar-refractivity contribution in [3.63, 3.8) is 0 Å². The van der Waals surface area contributed by atoms with Crippen LogP contribution in [0.3, 0.4) is 0 Å². The Kier molecular flexibility index (Phi) is 12.4. The van der Waals surface area contributed by atoms with E-state index in [0.717, 1.165) is 42.6 Å². The predicted molar refractivity (Wildman–Crippen MR) is 142 cm³/mol. The van der Waals surface area contributed by atoms with Crippen LogP contribution in [0.15, 0.2) is 28.2 Å². The third-order valence-electron chi connectivity index (χ3n) is 6.25. The maximum atomic E-state index is 6.00. The zero-order chi connectivity index (χ0) is 25.8. The number of hydrogen-bond acceptors (Lipinski definition) is 7. The van der Waals surface area contributed by atoms with E-state index in [-0.39, 0.29) is 12.1 Å². The second kappa shape index (κ2) is 15.0. The van der Waals surface area contributed by atoms with E-state index < -0.39 is 0 Å². The van der Waals surface area contributed by atoms with Crippen LogP contribution in [0, 0.1) is 17.8 Å². The Balaban J connectivity index is 2.23. The lowest BCUT2D eigenvalue weighted by molar-refractivity contribution is 0.170. The Morgan fingerprint density at radius 3 is 2.17 bits per heavy atom. The molecule has 1 aliphatic rings. The van der Waals surface area contributed by atoms with Crippen molar-refractivity contribution in [3.8, 4) is 11.5 Å². The lowest BCUT2D eigenvalue weighted by Crippen LogP contribution is -2.39. The molecule has 0 aliphatic carbocycles. The lowest BCUT2D eigenvalue weighted by Gasteiger charge is -2.31. The van der Waals surface area contributed by atoms with Crippen molar-refractivity contribution in [2.24, 2.45) is 27.7 Å². The number of methoxy groups -OCH3 is 2. The molecule has 0 unspecified atom stereocenters. The van der Waals surface area contributed by atoms with Crippen molar-refractivity contribution in [3.05, 3.63) is 23.8 Å². The van der Waals surface area contributed by atoms with E-state index in [1.807, 2.05) is 19.9 Å². The third-order valence-corrected chi connectivity index (χ3v) is 6.25. The minimum absolute atomic E-state index is 0.0929. The first-order valence-corrected chi connectivity index (χ1v) is 13.0. The standard InChI is InChI=1S/C28H46N2O5/c1-9-33-27-23(29-28(34-10-2)26(30-27)20(5)6)18-22(19(3)4)16-21-12-13-24(32-8)25(17-21)35-15-11-14-31-7/h12-13,17,19-20,22-23,26H,9-11,14-16,18H2,1-8H3/t22-,23-,26+/m0/s1. The van der Waals surface area contributed by atoms with Gasteiger partial charge in [0, 0.05) is 20.1 Å². The van der Waals surface area contributed by atoms with Gasteiger partial charge in [0.1, 0.15) is 12.1 Å². The summed E-state index contributed by atoms with van der Waals surface area (Å²) in [5.74, 6) is 4.11. The molecule has 0 amide bonds. The van der Waals surface area contributed by atoms with Crippen molar-refractivity contribution < 1.29 is 23.7 Å². The van der Waals surface area contributed by atoms with Gasteiger partial charge >= 0.3 is 0 Å². The van der Waals surface area contributed by atoms with Crippen LogP contribution < -0.4 is 9.47 Å². The Labute approximate surface area is 212 Å². The molecular weight excluding hydrogens is 444 g/mol. The minimum atomic E-state index is -0.137. The molecular formula is C28H46N2O5. The highest BCUT2D eigenvalue weighted by Crippen LogP contribution is 2.32. The van der Waals surface area contributed by atoms with Gasteiger partial charge in [-0.15, -0.1) is 0 Å². The van der Waals surface area contributed by atoms with Gasteiger partial charge in [-0.2, -0.15) is 0 Å². The fourth-order valence-electron chi connectivity index (χ4n) is 4.23. The summed E-state index contributed by atoms with van der Waals surface area (Å²) in [6.07, 6.45) is 2.57. The van der Waals surface area contributed by atoms with E-state index >= 15 is 0 Å². The molecule has 0 saturated carbocycles. The van der Waals surface area contributed by atoms with Gasteiger partial charge in [0.25, 0.3) is 0 Å². The highest BCUT2D eigenvalue weighted by molar-refractivity contribution is 5.94. The summed E-state index contributed by atoms with van der Waals surface area (Å²) < 4.78 is 28.6. The average Bonchev–Trinajstić information content (AvgIpc) is 2.83. The van der Waals surface area contributed by atoms with Crippen LogP contribution in [0.5, 0.6) is 11.5 Å². The normalized spacial score (nSPS) is 18.8. The molecule has 7 heteroatoms. The predicted octanol–water partition coefficient (Wildman–Crippen LogP) is 5.59. The summed E-state index contributed by atoms with van der Waals surface area (Å²) in [4.78, 5) is 9.97. The quantitative estimate of drug-likeness (QED) is 0.318. The van der Waals surface area contributed by atoms with Crippen molar-refractivity contribution in [1.82, 2.24) is 0 Å². The summed E-state index contributed by atoms with van der Waals surface area (Å²) in [5.41, 5.74) is 1.21. The van der Waals surface area contributed by atoms with Crippen LogP contribution >= 0.6 is 0 Å². The number of aliphatic imine (C=N–C) groups is 2. The minimum Gasteiger partial charge on any atom is -0.493 e. The topological polar surface area (TPSA) is 70.9 Å². The molecule has 0 radical (unpaired) electrons. The van der Waals surface area contributed by atoms with E-state index in [2.05, 4.69) is 39.8 Å². The van der Waals surface area contributed by atoms with Crippen LogP contribution in [-0.2, 0) is 20.6 Å². The molecule has 3 atom stereocenters. The first-order chi connectivity index (χ1) is 16.8. The second-order valence-corrected chi connectivity index (χ2v) is 9.63. The second-order valence-electron chi connectivity index (χ2n) is 9.63. The molecule has 1 heterocycles. The highest BCUT2D eigenvalue weighted by atomic mass is 16.5. The Morgan fingerprint density at radius 2 is 1.57 bits per heavy atom. The molecule has 198 valence electrons. The smallest absolute Gasteiger partial charge is 0.210 e. The molecule has 1 aromatic carbocycles. The van der Waals surface area contributed by atoms with Gasteiger partial charge < -0.3 is 23.7 Å². The summed E-state index contributed by atoms with van der Waals surface area (Å²) in [6.45, 7) is 15.2. The third kappa shape index (κ3) is 8.71. The van der Waals surface area contributed by atoms with Crippen molar-refractivity contribution >= 4 is 11.8 Å². The first kappa shape index (κ1) is 29.0. The van der Waals surface area contributed by atoms with Gasteiger partial charge in [-0.3, -0.25) is 0 Å². The molecule has 0 fully saturated rings. The number of benzene rings is 1. The number of nitrogens with zero attached hydrogens (tertiary/aromatic N) is 2. The summed E-state index contributed by atoms with van der Waals surface area (Å²) in [5, 5.41) is 0. The van der Waals surface area contributed by atoms with Crippen LogP contribution in [0.1, 0.15) is 59.9 Å². The zero-order valence-corrected chi connectivity index (χ0v) is 23.0. The van der Waals surface area contributed by atoms with E-state index in [4.69, 9.17) is 33.7 Å². The van der Waals surface area contributed by atoms with Crippen molar-refractivity contribution in [1.29, 1.82) is 0 Å². The van der Waals surface area contributed by atoms with Gasteiger partial charge in [-0.1, -0.05) is 33.8 Å². The molecule has 0 bridgehead atoms. The molecule has 1 aliphatic heterocycles. The van der Waals surface area contributed by atoms with E-state index in [1.54, 1.807) is 14.2 Å². The maximum absolute atomic E-state index is 6.00. The molecule has 0 N–H and O–H groups in total. The van der Waals surface area contributed by atoms with Gasteiger partial charge in [0.15, 0.2) is 11.5 Å². The van der Waals surface area contributed by atoms with Crippen LogP contribution in [0.2, 0.25) is 0 Å². The molecule has 1 aromatic rings. The first-order valence-electron chi connectivity index (χ1n) is 13.0. The number of rotatable bonds is 14. The van der Waals surface area contributed by atoms with Gasteiger partial charge in [-0.05, 0) is 62.1 Å². The van der Waals surface area contributed by atoms with Gasteiger partial charge in [-0.25, -0.2) is 9.98 Å². The fourth-order valence-corrected chi connectivity index (χ4v) is 4.23. The molecule has 0 aromatic heterocycles. The Bertz CT molecular complexity index is 822. The van der Waals surface area contributed by atoms with Crippen molar-refractivity contribution in [2.45, 2.75) is 72.9 Å². The molecule has 0 spiro atoms. The molecule has 7 nitrogen and oxygen atoms in total. The lowest BCUT2D eigenvalue weighted by atomic mass is 9.83. The molecule has 2 rings (SSSR count). The largest absolute Gasteiger partial charge is 0.493 e. The number of ether oxygens (including phenoxy) is 5. The summed E-state index contributed by atoms with van der Waals surface area (Å²) >= 11 is 0. The number of hydrogen-bond donors (Lipinski definition) is 0. The monoisotopic (exact) mass is 490 g/mol. The Hall–Kier alpha value is -2.28. The van der Waals surface area contributed by atoms with Gasteiger partial charge in [0.2, 0.25) is 11.8 Å². The van der Waals surface area contributed by atoms with Crippen LogP contribution in [0.25, 0.3) is 0 Å². The van der Waals surface area contributed by atoms with Gasteiger partial charge in [0.05, 0.1) is 26.9 Å². The molecule has 35 heavy (non-hydrogen) atoms. The summed E-state index contributed by atoms with van der Waals surface area (Å²) in [7, 11) is 3.37. The Morgan fingerprint density at radius 1 is 0.857 bits per heavy atom. The van der Waals surface area contributed by atoms with E-state index in [0.29, 0.717) is 44.2 Å². The SMILES string of the molecule is CCOC1=N[C@H](C(C)C)C(OCC)=N[C@H]1C[C@H](Cc1ccc(OC)c(OCCCOC)c1)C(C)C. The van der Waals surface area contributed by atoms with Crippen molar-refractivity contribution in [2.75, 3.05) is 40.6 Å². The van der Waals surface area contributed by atoms with Crippen LogP contribution in [-0.4, -0.2) is 64.5 Å².